The highest BCUT2D eigenvalue weighted by atomic mass is 16.2. The van der Waals surface area contributed by atoms with Crippen LogP contribution in [0.5, 0.6) is 0 Å². The molecule has 0 aromatic heterocycles. The molecule has 3 nitrogen and oxygen atoms in total. The van der Waals surface area contributed by atoms with Crippen molar-refractivity contribution in [2.24, 2.45) is 29.6 Å². The smallest absolute Gasteiger partial charge is 0.224 e. The number of rotatable bonds is 2. The van der Waals surface area contributed by atoms with Crippen molar-refractivity contribution < 1.29 is 4.79 Å². The zero-order chi connectivity index (χ0) is 14.4. The molecule has 0 aromatic carbocycles. The lowest BCUT2D eigenvalue weighted by Gasteiger charge is -2.54. The summed E-state index contributed by atoms with van der Waals surface area (Å²) in [5.74, 6) is 3.45. The number of nitriles is 1. The van der Waals surface area contributed by atoms with E-state index in [-0.39, 0.29) is 11.8 Å². The molecule has 5 saturated carbocycles. The summed E-state index contributed by atoms with van der Waals surface area (Å²) in [6, 6.07) is 2.44. The predicted octanol–water partition coefficient (Wildman–Crippen LogP) is 3.40. The van der Waals surface area contributed by atoms with Gasteiger partial charge in [-0.05, 0) is 68.6 Å². The number of amides is 1. The third kappa shape index (κ3) is 2.28. The first-order chi connectivity index (χ1) is 10.2. The first kappa shape index (κ1) is 13.6. The SMILES string of the molecule is N#CC1(NC(=O)C2C3CC4CC(C3)CC2C4)CCCCC1. The minimum absolute atomic E-state index is 0.213. The Bertz CT molecular complexity index is 444. The van der Waals surface area contributed by atoms with Crippen molar-refractivity contribution in [3.05, 3.63) is 0 Å². The van der Waals surface area contributed by atoms with E-state index in [1.54, 1.807) is 0 Å². The van der Waals surface area contributed by atoms with E-state index in [1.165, 1.54) is 38.5 Å². The normalized spacial score (nSPS) is 43.3. The Balaban J connectivity index is 1.49. The fraction of sp³-hybridized carbons (Fsp3) is 0.889. The maximum absolute atomic E-state index is 12.9. The van der Waals surface area contributed by atoms with Gasteiger partial charge < -0.3 is 5.32 Å². The molecule has 4 bridgehead atoms. The Morgan fingerprint density at radius 2 is 1.52 bits per heavy atom. The first-order valence-corrected chi connectivity index (χ1v) is 8.92. The lowest BCUT2D eigenvalue weighted by Crippen LogP contribution is -2.56. The van der Waals surface area contributed by atoms with Gasteiger partial charge in [0.2, 0.25) is 5.91 Å². The molecule has 21 heavy (non-hydrogen) atoms. The largest absolute Gasteiger partial charge is 0.338 e. The maximum Gasteiger partial charge on any atom is 0.224 e. The summed E-state index contributed by atoms with van der Waals surface area (Å²) in [5.41, 5.74) is -0.552. The molecular formula is C18H26N2O. The molecule has 0 spiro atoms. The second-order valence-electron chi connectivity index (χ2n) is 8.20. The molecular weight excluding hydrogens is 260 g/mol. The van der Waals surface area contributed by atoms with Crippen LogP contribution in [-0.4, -0.2) is 11.4 Å². The van der Waals surface area contributed by atoms with Crippen LogP contribution < -0.4 is 5.32 Å². The predicted molar refractivity (Wildman–Crippen MR) is 80.1 cm³/mol. The molecule has 5 aliphatic rings. The topological polar surface area (TPSA) is 52.9 Å². The van der Waals surface area contributed by atoms with Crippen LogP contribution in [0, 0.1) is 40.9 Å². The van der Waals surface area contributed by atoms with Gasteiger partial charge in [-0.25, -0.2) is 0 Å². The Labute approximate surface area is 127 Å². The summed E-state index contributed by atoms with van der Waals surface area (Å²) in [7, 11) is 0. The van der Waals surface area contributed by atoms with E-state index in [4.69, 9.17) is 0 Å². The summed E-state index contributed by atoms with van der Waals surface area (Å²) in [6.45, 7) is 0. The molecule has 0 atom stereocenters. The van der Waals surface area contributed by atoms with Gasteiger partial charge in [0.25, 0.3) is 0 Å². The van der Waals surface area contributed by atoms with Gasteiger partial charge >= 0.3 is 0 Å². The number of hydrogen-bond acceptors (Lipinski definition) is 2. The summed E-state index contributed by atoms with van der Waals surface area (Å²) >= 11 is 0. The fourth-order valence-electron chi connectivity index (χ4n) is 6.09. The number of nitrogens with zero attached hydrogens (tertiary/aromatic N) is 1. The monoisotopic (exact) mass is 286 g/mol. The quantitative estimate of drug-likeness (QED) is 0.846. The van der Waals surface area contributed by atoms with Gasteiger partial charge in [0.1, 0.15) is 5.54 Å². The highest BCUT2D eigenvalue weighted by Crippen LogP contribution is 2.56. The van der Waals surface area contributed by atoms with Crippen LogP contribution in [0.25, 0.3) is 0 Å². The third-order valence-corrected chi connectivity index (χ3v) is 6.81. The molecule has 5 fully saturated rings. The molecule has 0 aromatic rings. The van der Waals surface area contributed by atoms with E-state index in [9.17, 15) is 10.1 Å². The number of nitrogens with one attached hydrogen (secondary N) is 1. The zero-order valence-corrected chi connectivity index (χ0v) is 12.8. The van der Waals surface area contributed by atoms with Crippen LogP contribution in [0.15, 0.2) is 0 Å². The highest BCUT2D eigenvalue weighted by molar-refractivity contribution is 5.81. The van der Waals surface area contributed by atoms with Gasteiger partial charge in [-0.2, -0.15) is 5.26 Å². The molecule has 5 aliphatic carbocycles. The number of hydrogen-bond donors (Lipinski definition) is 1. The van der Waals surface area contributed by atoms with E-state index in [0.29, 0.717) is 11.8 Å². The zero-order valence-electron chi connectivity index (χ0n) is 12.8. The number of carbonyl (C=O) groups excluding carboxylic acids is 1. The van der Waals surface area contributed by atoms with Crippen LogP contribution in [0.1, 0.15) is 64.2 Å². The van der Waals surface area contributed by atoms with Crippen molar-refractivity contribution in [2.75, 3.05) is 0 Å². The fourth-order valence-corrected chi connectivity index (χ4v) is 6.09. The standard InChI is InChI=1S/C18H26N2O/c19-11-18(4-2-1-3-5-18)20-17(21)16-14-7-12-6-13(9-14)10-15(16)8-12/h12-16H,1-10H2,(H,20,21). The Morgan fingerprint density at radius 1 is 0.952 bits per heavy atom. The van der Waals surface area contributed by atoms with Crippen LogP contribution in [0.3, 0.4) is 0 Å². The van der Waals surface area contributed by atoms with Crippen molar-refractivity contribution in [1.29, 1.82) is 5.26 Å². The highest BCUT2D eigenvalue weighted by Gasteiger charge is 2.51. The third-order valence-electron chi connectivity index (χ3n) is 6.81. The van der Waals surface area contributed by atoms with Gasteiger partial charge in [0.05, 0.1) is 6.07 Å². The Hall–Kier alpha value is -1.04. The second kappa shape index (κ2) is 5.00. The van der Waals surface area contributed by atoms with Crippen molar-refractivity contribution in [3.63, 3.8) is 0 Å². The average Bonchev–Trinajstić information content (AvgIpc) is 2.47. The van der Waals surface area contributed by atoms with Crippen molar-refractivity contribution in [2.45, 2.75) is 69.7 Å². The molecule has 5 rings (SSSR count). The molecule has 114 valence electrons. The van der Waals surface area contributed by atoms with Gasteiger partial charge in [0, 0.05) is 5.92 Å². The Kier molecular flexibility index (Phi) is 3.24. The molecule has 0 aliphatic heterocycles. The van der Waals surface area contributed by atoms with Crippen LogP contribution in [0.2, 0.25) is 0 Å². The molecule has 0 heterocycles. The van der Waals surface area contributed by atoms with Crippen LogP contribution >= 0.6 is 0 Å². The summed E-state index contributed by atoms with van der Waals surface area (Å²) in [5, 5.41) is 12.8. The molecule has 3 heteroatoms. The summed E-state index contributed by atoms with van der Waals surface area (Å²) in [4.78, 5) is 12.9. The summed E-state index contributed by atoms with van der Waals surface area (Å²) < 4.78 is 0. The van der Waals surface area contributed by atoms with Gasteiger partial charge in [-0.3, -0.25) is 4.79 Å². The van der Waals surface area contributed by atoms with E-state index >= 15 is 0 Å². The van der Waals surface area contributed by atoms with E-state index in [2.05, 4.69) is 11.4 Å². The number of carbonyl (C=O) groups is 1. The average molecular weight is 286 g/mol. The maximum atomic E-state index is 12.9. The van der Waals surface area contributed by atoms with Crippen molar-refractivity contribution >= 4 is 5.91 Å². The first-order valence-electron chi connectivity index (χ1n) is 8.92. The minimum Gasteiger partial charge on any atom is -0.338 e. The van der Waals surface area contributed by atoms with Crippen LogP contribution in [0.4, 0.5) is 0 Å². The van der Waals surface area contributed by atoms with Gasteiger partial charge in [-0.15, -0.1) is 0 Å². The Morgan fingerprint density at radius 3 is 2.05 bits per heavy atom. The minimum atomic E-state index is -0.552. The van der Waals surface area contributed by atoms with Crippen molar-refractivity contribution in [3.8, 4) is 6.07 Å². The lowest BCUT2D eigenvalue weighted by molar-refractivity contribution is -0.139. The van der Waals surface area contributed by atoms with E-state index < -0.39 is 5.54 Å². The van der Waals surface area contributed by atoms with E-state index in [1.807, 2.05) is 0 Å². The van der Waals surface area contributed by atoms with Crippen LogP contribution in [-0.2, 0) is 4.79 Å². The molecule has 1 amide bonds. The summed E-state index contributed by atoms with van der Waals surface area (Å²) in [6.07, 6.45) is 11.6. The second-order valence-corrected chi connectivity index (χ2v) is 8.20. The van der Waals surface area contributed by atoms with Gasteiger partial charge in [0.15, 0.2) is 0 Å². The molecule has 1 N–H and O–H groups in total. The van der Waals surface area contributed by atoms with E-state index in [0.717, 1.165) is 37.5 Å². The van der Waals surface area contributed by atoms with Crippen molar-refractivity contribution in [1.82, 2.24) is 5.32 Å². The molecule has 0 unspecified atom stereocenters. The molecule has 0 saturated heterocycles. The lowest BCUT2D eigenvalue weighted by atomic mass is 9.51. The molecule has 0 radical (unpaired) electrons. The van der Waals surface area contributed by atoms with Gasteiger partial charge in [-0.1, -0.05) is 19.3 Å².